The highest BCUT2D eigenvalue weighted by Crippen LogP contribution is 2.22. The van der Waals surface area contributed by atoms with E-state index >= 15 is 0 Å². The number of rotatable bonds is 8. The zero-order chi connectivity index (χ0) is 19.8. The van der Waals surface area contributed by atoms with E-state index in [9.17, 15) is 9.59 Å². The SMILES string of the molecule is CC[C@H](C)[C@@H](NC(=O)CN1CCN(c2cccc(OC)c2)CC1)C(=O)OC. The highest BCUT2D eigenvalue weighted by atomic mass is 16.5. The van der Waals surface area contributed by atoms with Gasteiger partial charge in [0.2, 0.25) is 5.91 Å². The van der Waals surface area contributed by atoms with E-state index in [-0.39, 0.29) is 24.3 Å². The van der Waals surface area contributed by atoms with E-state index in [1.54, 1.807) is 7.11 Å². The number of amides is 1. The first-order chi connectivity index (χ1) is 13.0. The summed E-state index contributed by atoms with van der Waals surface area (Å²) in [5.41, 5.74) is 1.13. The molecule has 2 atom stereocenters. The van der Waals surface area contributed by atoms with Crippen LogP contribution in [0.3, 0.4) is 0 Å². The molecule has 0 radical (unpaired) electrons. The molecule has 1 aromatic carbocycles. The fourth-order valence-corrected chi connectivity index (χ4v) is 3.19. The maximum atomic E-state index is 12.4. The Balaban J connectivity index is 1.85. The molecular formula is C20H31N3O4. The van der Waals surface area contributed by atoms with Crippen LogP contribution >= 0.6 is 0 Å². The van der Waals surface area contributed by atoms with Crippen molar-refractivity contribution in [2.24, 2.45) is 5.92 Å². The van der Waals surface area contributed by atoms with Crippen molar-refractivity contribution in [3.05, 3.63) is 24.3 Å². The largest absolute Gasteiger partial charge is 0.497 e. The fraction of sp³-hybridized carbons (Fsp3) is 0.600. The topological polar surface area (TPSA) is 71.1 Å². The van der Waals surface area contributed by atoms with Gasteiger partial charge in [-0.05, 0) is 18.1 Å². The number of esters is 1. The van der Waals surface area contributed by atoms with Gasteiger partial charge in [0, 0.05) is 37.9 Å². The van der Waals surface area contributed by atoms with Gasteiger partial charge >= 0.3 is 5.97 Å². The van der Waals surface area contributed by atoms with Crippen LogP contribution in [0.15, 0.2) is 24.3 Å². The lowest BCUT2D eigenvalue weighted by Crippen LogP contribution is -2.52. The predicted molar refractivity (Wildman–Crippen MR) is 105 cm³/mol. The molecule has 0 aliphatic carbocycles. The highest BCUT2D eigenvalue weighted by Gasteiger charge is 2.28. The molecule has 1 fully saturated rings. The second-order valence-electron chi connectivity index (χ2n) is 6.92. The van der Waals surface area contributed by atoms with Crippen LogP contribution in [0.1, 0.15) is 20.3 Å². The van der Waals surface area contributed by atoms with Gasteiger partial charge in [-0.2, -0.15) is 0 Å². The van der Waals surface area contributed by atoms with Crippen molar-refractivity contribution < 1.29 is 19.1 Å². The zero-order valence-corrected chi connectivity index (χ0v) is 16.7. The van der Waals surface area contributed by atoms with Crippen molar-refractivity contribution in [1.29, 1.82) is 0 Å². The number of ether oxygens (including phenoxy) is 2. The Hall–Kier alpha value is -2.28. The number of nitrogens with one attached hydrogen (secondary N) is 1. The average molecular weight is 377 g/mol. The van der Waals surface area contributed by atoms with E-state index < -0.39 is 6.04 Å². The van der Waals surface area contributed by atoms with E-state index in [4.69, 9.17) is 9.47 Å². The van der Waals surface area contributed by atoms with Gasteiger partial charge in [-0.25, -0.2) is 4.79 Å². The molecule has 0 bridgehead atoms. The molecule has 0 aromatic heterocycles. The Morgan fingerprint density at radius 2 is 1.89 bits per heavy atom. The minimum Gasteiger partial charge on any atom is -0.497 e. The Morgan fingerprint density at radius 1 is 1.19 bits per heavy atom. The van der Waals surface area contributed by atoms with E-state index in [2.05, 4.69) is 21.2 Å². The molecule has 7 heteroatoms. The quantitative estimate of drug-likeness (QED) is 0.693. The first kappa shape index (κ1) is 21.0. The van der Waals surface area contributed by atoms with Gasteiger partial charge in [0.25, 0.3) is 0 Å². The summed E-state index contributed by atoms with van der Waals surface area (Å²) in [5, 5.41) is 2.84. The van der Waals surface area contributed by atoms with Gasteiger partial charge in [0.05, 0.1) is 20.8 Å². The number of nitrogens with zero attached hydrogens (tertiary/aromatic N) is 2. The number of carbonyl (C=O) groups is 2. The molecule has 1 aromatic rings. The van der Waals surface area contributed by atoms with Gasteiger partial charge in [0.1, 0.15) is 11.8 Å². The van der Waals surface area contributed by atoms with Gasteiger partial charge in [-0.1, -0.05) is 26.3 Å². The monoisotopic (exact) mass is 377 g/mol. The first-order valence-electron chi connectivity index (χ1n) is 9.47. The number of hydrogen-bond acceptors (Lipinski definition) is 6. The number of benzene rings is 1. The van der Waals surface area contributed by atoms with E-state index in [1.165, 1.54) is 7.11 Å². The minimum absolute atomic E-state index is 0.0336. The van der Waals surface area contributed by atoms with Gasteiger partial charge in [0.15, 0.2) is 0 Å². The van der Waals surface area contributed by atoms with Crippen molar-refractivity contribution >= 4 is 17.6 Å². The summed E-state index contributed by atoms with van der Waals surface area (Å²) in [4.78, 5) is 28.7. The van der Waals surface area contributed by atoms with Crippen molar-refractivity contribution in [1.82, 2.24) is 10.2 Å². The molecule has 0 saturated carbocycles. The van der Waals surface area contributed by atoms with Crippen molar-refractivity contribution in [3.8, 4) is 5.75 Å². The van der Waals surface area contributed by atoms with Crippen LogP contribution < -0.4 is 15.0 Å². The summed E-state index contributed by atoms with van der Waals surface area (Å²) in [6.45, 7) is 7.47. The minimum atomic E-state index is -0.592. The molecule has 1 saturated heterocycles. The highest BCUT2D eigenvalue weighted by molar-refractivity contribution is 5.85. The van der Waals surface area contributed by atoms with Crippen LogP contribution in [0.2, 0.25) is 0 Å². The molecular weight excluding hydrogens is 346 g/mol. The molecule has 150 valence electrons. The fourth-order valence-electron chi connectivity index (χ4n) is 3.19. The Morgan fingerprint density at radius 3 is 2.48 bits per heavy atom. The second-order valence-corrected chi connectivity index (χ2v) is 6.92. The number of carbonyl (C=O) groups excluding carboxylic acids is 2. The Bertz CT molecular complexity index is 629. The average Bonchev–Trinajstić information content (AvgIpc) is 2.71. The molecule has 1 heterocycles. The standard InChI is InChI=1S/C20H31N3O4/c1-5-15(2)19(20(25)27-4)21-18(24)14-22-9-11-23(12-10-22)16-7-6-8-17(13-16)26-3/h6-8,13,15,19H,5,9-12,14H2,1-4H3,(H,21,24)/t15-,19+/m0/s1. The van der Waals surface area contributed by atoms with Crippen LogP contribution in [0.4, 0.5) is 5.69 Å². The number of anilines is 1. The molecule has 1 amide bonds. The van der Waals surface area contributed by atoms with Gasteiger partial charge < -0.3 is 19.7 Å². The van der Waals surface area contributed by atoms with Crippen LogP contribution in [0.25, 0.3) is 0 Å². The van der Waals surface area contributed by atoms with Crippen LogP contribution in [-0.4, -0.2) is 69.8 Å². The normalized spacial score (nSPS) is 17.1. The zero-order valence-electron chi connectivity index (χ0n) is 16.7. The van der Waals surface area contributed by atoms with E-state index in [0.29, 0.717) is 0 Å². The second kappa shape index (κ2) is 10.2. The number of piperazine rings is 1. The molecule has 0 unspecified atom stereocenters. The number of methoxy groups -OCH3 is 2. The van der Waals surface area contributed by atoms with Crippen LogP contribution in [-0.2, 0) is 14.3 Å². The van der Waals surface area contributed by atoms with Gasteiger partial charge in [-0.3, -0.25) is 9.69 Å². The third-order valence-electron chi connectivity index (χ3n) is 5.14. The molecule has 1 aliphatic rings. The molecule has 2 rings (SSSR count). The van der Waals surface area contributed by atoms with Crippen molar-refractivity contribution in [2.45, 2.75) is 26.3 Å². The van der Waals surface area contributed by atoms with Crippen molar-refractivity contribution in [2.75, 3.05) is 51.8 Å². The van der Waals surface area contributed by atoms with E-state index in [0.717, 1.165) is 44.0 Å². The lowest BCUT2D eigenvalue weighted by Gasteiger charge is -2.36. The maximum absolute atomic E-state index is 12.4. The summed E-state index contributed by atoms with van der Waals surface area (Å²) >= 11 is 0. The third kappa shape index (κ3) is 5.85. The summed E-state index contributed by atoms with van der Waals surface area (Å²) in [7, 11) is 3.01. The smallest absolute Gasteiger partial charge is 0.328 e. The molecule has 1 N–H and O–H groups in total. The Labute approximate surface area is 161 Å². The summed E-state index contributed by atoms with van der Waals surface area (Å²) in [6.07, 6.45) is 0.791. The van der Waals surface area contributed by atoms with Crippen LogP contribution in [0.5, 0.6) is 5.75 Å². The molecule has 27 heavy (non-hydrogen) atoms. The first-order valence-corrected chi connectivity index (χ1v) is 9.47. The third-order valence-corrected chi connectivity index (χ3v) is 5.14. The summed E-state index contributed by atoms with van der Waals surface area (Å²) in [5.74, 6) is 0.348. The molecule has 1 aliphatic heterocycles. The predicted octanol–water partition coefficient (Wildman–Crippen LogP) is 1.52. The maximum Gasteiger partial charge on any atom is 0.328 e. The Kier molecular flexibility index (Phi) is 7.91. The number of hydrogen-bond donors (Lipinski definition) is 1. The van der Waals surface area contributed by atoms with Crippen LogP contribution in [0, 0.1) is 5.92 Å². The van der Waals surface area contributed by atoms with Gasteiger partial charge in [-0.15, -0.1) is 0 Å². The molecule has 7 nitrogen and oxygen atoms in total. The summed E-state index contributed by atoms with van der Waals surface area (Å²) < 4.78 is 10.1. The summed E-state index contributed by atoms with van der Waals surface area (Å²) in [6, 6.07) is 7.41. The van der Waals surface area contributed by atoms with E-state index in [1.807, 2.05) is 32.0 Å². The molecule has 0 spiro atoms. The lowest BCUT2D eigenvalue weighted by molar-refractivity contribution is -0.146. The van der Waals surface area contributed by atoms with Crippen molar-refractivity contribution in [3.63, 3.8) is 0 Å². The lowest BCUT2D eigenvalue weighted by atomic mass is 9.99.